The maximum Gasteiger partial charge on any atom is 0.183 e. The molecular weight excluding hydrogens is 248 g/mol. The van der Waals surface area contributed by atoms with E-state index in [1.54, 1.807) is 6.20 Å². The van der Waals surface area contributed by atoms with Crippen LogP contribution in [0, 0.1) is 0 Å². The molecule has 20 heavy (non-hydrogen) atoms. The van der Waals surface area contributed by atoms with Crippen LogP contribution in [0.2, 0.25) is 0 Å². The molecule has 1 saturated heterocycles. The molecule has 1 aromatic heterocycles. The Hall–Kier alpha value is -1.74. The molecule has 1 aromatic carbocycles. The molecule has 1 aliphatic heterocycles. The number of rotatable bonds is 3. The summed E-state index contributed by atoms with van der Waals surface area (Å²) in [6, 6.07) is 7.81. The van der Waals surface area contributed by atoms with Gasteiger partial charge in [-0.15, -0.1) is 0 Å². The second-order valence-electron chi connectivity index (χ2n) is 5.98. The predicted octanol–water partition coefficient (Wildman–Crippen LogP) is 3.29. The lowest BCUT2D eigenvalue weighted by atomic mass is 9.89. The van der Waals surface area contributed by atoms with Gasteiger partial charge in [0, 0.05) is 23.3 Å². The van der Waals surface area contributed by atoms with E-state index in [1.165, 1.54) is 12.8 Å². The number of pyridine rings is 1. The lowest BCUT2D eigenvalue weighted by molar-refractivity contribution is 0.0704. The standard InChI is InChI=1S/C17H20N2O/c1-17(2,19-10-3-4-11-19)16(20)15-7-5-6-13-12-18-9-8-14(13)15/h5-9,12H,3-4,10-11H2,1-2H3. The Balaban J connectivity index is 2.04. The van der Waals surface area contributed by atoms with Crippen LogP contribution in [-0.4, -0.2) is 34.3 Å². The molecule has 0 unspecified atom stereocenters. The first kappa shape index (κ1) is 13.3. The van der Waals surface area contributed by atoms with Gasteiger partial charge in [0.1, 0.15) is 0 Å². The molecule has 2 heterocycles. The topological polar surface area (TPSA) is 33.2 Å². The van der Waals surface area contributed by atoms with Crippen molar-refractivity contribution in [2.24, 2.45) is 0 Å². The molecule has 0 N–H and O–H groups in total. The fraction of sp³-hybridized carbons (Fsp3) is 0.412. The average molecular weight is 268 g/mol. The van der Waals surface area contributed by atoms with E-state index in [4.69, 9.17) is 0 Å². The highest BCUT2D eigenvalue weighted by atomic mass is 16.1. The van der Waals surface area contributed by atoms with Crippen molar-refractivity contribution < 1.29 is 4.79 Å². The molecule has 0 amide bonds. The van der Waals surface area contributed by atoms with E-state index in [2.05, 4.69) is 9.88 Å². The van der Waals surface area contributed by atoms with Gasteiger partial charge in [-0.05, 0) is 51.2 Å². The van der Waals surface area contributed by atoms with Gasteiger partial charge in [0.25, 0.3) is 0 Å². The fourth-order valence-electron chi connectivity index (χ4n) is 3.07. The first-order chi connectivity index (χ1) is 9.60. The molecule has 0 radical (unpaired) electrons. The lowest BCUT2D eigenvalue weighted by Crippen LogP contribution is -2.48. The molecule has 3 heteroatoms. The van der Waals surface area contributed by atoms with Crippen LogP contribution in [0.4, 0.5) is 0 Å². The van der Waals surface area contributed by atoms with E-state index < -0.39 is 5.54 Å². The molecule has 3 nitrogen and oxygen atoms in total. The summed E-state index contributed by atoms with van der Waals surface area (Å²) in [5, 5.41) is 2.02. The summed E-state index contributed by atoms with van der Waals surface area (Å²) >= 11 is 0. The van der Waals surface area contributed by atoms with Crippen LogP contribution in [0.15, 0.2) is 36.7 Å². The van der Waals surface area contributed by atoms with Crippen LogP contribution in [0.3, 0.4) is 0 Å². The van der Waals surface area contributed by atoms with Crippen LogP contribution >= 0.6 is 0 Å². The number of hydrogen-bond donors (Lipinski definition) is 0. The molecule has 0 spiro atoms. The second-order valence-corrected chi connectivity index (χ2v) is 5.98. The highest BCUT2D eigenvalue weighted by molar-refractivity contribution is 6.12. The number of Topliss-reactive ketones (excluding diaryl/α,β-unsaturated/α-hetero) is 1. The number of ketones is 1. The van der Waals surface area contributed by atoms with E-state index in [1.807, 2.05) is 44.3 Å². The minimum Gasteiger partial charge on any atom is -0.292 e. The van der Waals surface area contributed by atoms with E-state index >= 15 is 0 Å². The Morgan fingerprint density at radius 1 is 1.20 bits per heavy atom. The van der Waals surface area contributed by atoms with E-state index in [0.29, 0.717) is 0 Å². The molecule has 0 saturated carbocycles. The number of fused-ring (bicyclic) bond motifs is 1. The molecule has 0 aliphatic carbocycles. The van der Waals surface area contributed by atoms with Gasteiger partial charge in [0.2, 0.25) is 0 Å². The van der Waals surface area contributed by atoms with Crippen LogP contribution < -0.4 is 0 Å². The van der Waals surface area contributed by atoms with Gasteiger partial charge in [-0.25, -0.2) is 0 Å². The first-order valence-electron chi connectivity index (χ1n) is 7.23. The van der Waals surface area contributed by atoms with Crippen LogP contribution in [0.5, 0.6) is 0 Å². The first-order valence-corrected chi connectivity index (χ1v) is 7.23. The van der Waals surface area contributed by atoms with Crippen molar-refractivity contribution in [1.29, 1.82) is 0 Å². The third-order valence-corrected chi connectivity index (χ3v) is 4.38. The Morgan fingerprint density at radius 2 is 1.95 bits per heavy atom. The third-order valence-electron chi connectivity index (χ3n) is 4.38. The predicted molar refractivity (Wildman–Crippen MR) is 81.0 cm³/mol. The number of nitrogens with zero attached hydrogens (tertiary/aromatic N) is 2. The lowest BCUT2D eigenvalue weighted by Gasteiger charge is -2.34. The maximum absolute atomic E-state index is 13.0. The van der Waals surface area contributed by atoms with Gasteiger partial charge < -0.3 is 0 Å². The minimum absolute atomic E-state index is 0.205. The van der Waals surface area contributed by atoms with E-state index in [0.717, 1.165) is 29.4 Å². The zero-order chi connectivity index (χ0) is 14.2. The normalized spacial score (nSPS) is 16.7. The highest BCUT2D eigenvalue weighted by Gasteiger charge is 2.36. The van der Waals surface area contributed by atoms with Crippen LogP contribution in [0.1, 0.15) is 37.0 Å². The molecule has 2 aromatic rings. The monoisotopic (exact) mass is 268 g/mol. The number of likely N-dealkylation sites (tertiary alicyclic amines) is 1. The Kier molecular flexibility index (Phi) is 3.30. The summed E-state index contributed by atoms with van der Waals surface area (Å²) in [6.07, 6.45) is 5.95. The fourth-order valence-corrected chi connectivity index (χ4v) is 3.07. The minimum atomic E-state index is -0.436. The second kappa shape index (κ2) is 4.98. The Morgan fingerprint density at radius 3 is 2.70 bits per heavy atom. The van der Waals surface area contributed by atoms with Gasteiger partial charge in [0.15, 0.2) is 5.78 Å². The summed E-state index contributed by atoms with van der Waals surface area (Å²) in [5.74, 6) is 0.205. The van der Waals surface area contributed by atoms with Crippen LogP contribution in [-0.2, 0) is 0 Å². The zero-order valence-corrected chi connectivity index (χ0v) is 12.1. The van der Waals surface area contributed by atoms with Gasteiger partial charge in [-0.2, -0.15) is 0 Å². The summed E-state index contributed by atoms with van der Waals surface area (Å²) in [6.45, 7) is 6.12. The molecule has 0 bridgehead atoms. The number of carbonyl (C=O) groups is 1. The van der Waals surface area contributed by atoms with Gasteiger partial charge >= 0.3 is 0 Å². The Labute approximate surface area is 119 Å². The molecule has 1 aliphatic rings. The highest BCUT2D eigenvalue weighted by Crippen LogP contribution is 2.28. The molecule has 3 rings (SSSR count). The molecular formula is C17H20N2O. The molecule has 1 fully saturated rings. The quantitative estimate of drug-likeness (QED) is 0.801. The number of hydrogen-bond acceptors (Lipinski definition) is 3. The van der Waals surface area contributed by atoms with Crippen LogP contribution in [0.25, 0.3) is 10.8 Å². The van der Waals surface area contributed by atoms with Gasteiger partial charge in [0.05, 0.1) is 5.54 Å². The Bertz CT molecular complexity index is 637. The maximum atomic E-state index is 13.0. The summed E-state index contributed by atoms with van der Waals surface area (Å²) in [5.41, 5.74) is 0.371. The molecule has 0 atom stereocenters. The number of aromatic nitrogens is 1. The van der Waals surface area contributed by atoms with Crippen molar-refractivity contribution in [1.82, 2.24) is 9.88 Å². The van der Waals surface area contributed by atoms with Crippen molar-refractivity contribution in [3.8, 4) is 0 Å². The van der Waals surface area contributed by atoms with Crippen molar-refractivity contribution in [2.45, 2.75) is 32.2 Å². The van der Waals surface area contributed by atoms with E-state index in [-0.39, 0.29) is 5.78 Å². The van der Waals surface area contributed by atoms with Gasteiger partial charge in [-0.3, -0.25) is 14.7 Å². The number of carbonyl (C=O) groups excluding carboxylic acids is 1. The van der Waals surface area contributed by atoms with Crippen molar-refractivity contribution in [3.05, 3.63) is 42.2 Å². The SMILES string of the molecule is CC(C)(C(=O)c1cccc2cnccc12)N1CCCC1. The largest absolute Gasteiger partial charge is 0.292 e. The third kappa shape index (κ3) is 2.12. The average Bonchev–Trinajstić information content (AvgIpc) is 3.01. The van der Waals surface area contributed by atoms with Crippen molar-refractivity contribution >= 4 is 16.6 Å². The van der Waals surface area contributed by atoms with Crippen molar-refractivity contribution in [3.63, 3.8) is 0 Å². The van der Waals surface area contributed by atoms with Crippen molar-refractivity contribution in [2.75, 3.05) is 13.1 Å². The summed E-state index contributed by atoms with van der Waals surface area (Å²) < 4.78 is 0. The number of benzene rings is 1. The molecule has 104 valence electrons. The summed E-state index contributed by atoms with van der Waals surface area (Å²) in [7, 11) is 0. The summed E-state index contributed by atoms with van der Waals surface area (Å²) in [4.78, 5) is 19.4. The van der Waals surface area contributed by atoms with Gasteiger partial charge in [-0.1, -0.05) is 18.2 Å². The zero-order valence-electron chi connectivity index (χ0n) is 12.1. The smallest absolute Gasteiger partial charge is 0.183 e. The van der Waals surface area contributed by atoms with E-state index in [9.17, 15) is 4.79 Å².